The number of ether oxygens (including phenoxy) is 1. The number of nitrogens with zero attached hydrogens (tertiary/aromatic N) is 2. The van der Waals surface area contributed by atoms with E-state index < -0.39 is 0 Å². The lowest BCUT2D eigenvalue weighted by molar-refractivity contribution is -0.0165. The second-order valence-electron chi connectivity index (χ2n) is 5.77. The Hall–Kier alpha value is -1.63. The predicted octanol–water partition coefficient (Wildman–Crippen LogP) is 5.81. The van der Waals surface area contributed by atoms with Crippen LogP contribution in [0.3, 0.4) is 0 Å². The fourth-order valence-corrected chi connectivity index (χ4v) is 5.44. The maximum Gasteiger partial charge on any atom is 0.223 e. The zero-order chi connectivity index (χ0) is 16.1. The number of para-hydroxylation sites is 1. The van der Waals surface area contributed by atoms with Gasteiger partial charge in [0.1, 0.15) is 5.75 Å². The molecule has 0 saturated heterocycles. The Morgan fingerprint density at radius 2 is 2.04 bits per heavy atom. The van der Waals surface area contributed by atoms with Crippen LogP contribution in [0, 0.1) is 0 Å². The Balaban J connectivity index is 1.61. The van der Waals surface area contributed by atoms with Crippen molar-refractivity contribution in [3.05, 3.63) is 73.0 Å². The minimum Gasteiger partial charge on any atom is -0.464 e. The van der Waals surface area contributed by atoms with Crippen LogP contribution in [0.4, 0.5) is 0 Å². The fraction of sp³-hybridized carbons (Fsp3) is 0.167. The Bertz CT molecular complexity index is 919. The van der Waals surface area contributed by atoms with Crippen molar-refractivity contribution in [1.29, 1.82) is 0 Å². The van der Waals surface area contributed by atoms with Gasteiger partial charge in [-0.1, -0.05) is 24.3 Å². The van der Waals surface area contributed by atoms with E-state index in [0.29, 0.717) is 0 Å². The molecule has 0 saturated carbocycles. The van der Waals surface area contributed by atoms with Crippen LogP contribution in [0.2, 0.25) is 0 Å². The van der Waals surface area contributed by atoms with Gasteiger partial charge in [0.05, 0.1) is 25.3 Å². The molecular weight excluding hydrogens is 404 g/mol. The zero-order valence-electron chi connectivity index (χ0n) is 12.6. The molecule has 5 rings (SSSR count). The average molecular weight is 417 g/mol. The third-order valence-electron chi connectivity index (χ3n) is 4.34. The van der Waals surface area contributed by atoms with E-state index in [2.05, 4.69) is 68.8 Å². The number of benzene rings is 1. The molecule has 1 aromatic carbocycles. The number of rotatable bonds is 2. The first-order valence-corrected chi connectivity index (χ1v) is 10.2. The van der Waals surface area contributed by atoms with E-state index in [-0.39, 0.29) is 12.3 Å². The number of halogens is 1. The van der Waals surface area contributed by atoms with Crippen molar-refractivity contribution < 1.29 is 4.74 Å². The van der Waals surface area contributed by atoms with E-state index in [4.69, 9.17) is 9.84 Å². The predicted molar refractivity (Wildman–Crippen MR) is 102 cm³/mol. The molecule has 0 amide bonds. The molecule has 0 aliphatic carbocycles. The SMILES string of the molecule is Brc1ccc([C@H]2Oc3ccccc3[C@@H]3CC(c4cccs4)=NN23)s1. The smallest absolute Gasteiger partial charge is 0.223 e. The lowest BCUT2D eigenvalue weighted by Crippen LogP contribution is -2.33. The van der Waals surface area contributed by atoms with Crippen LogP contribution < -0.4 is 4.74 Å². The van der Waals surface area contributed by atoms with E-state index in [0.717, 1.165) is 26.5 Å². The van der Waals surface area contributed by atoms with Crippen molar-refractivity contribution >= 4 is 44.3 Å². The molecule has 2 aliphatic rings. The molecule has 0 unspecified atom stereocenters. The van der Waals surface area contributed by atoms with Crippen LogP contribution in [-0.2, 0) is 0 Å². The van der Waals surface area contributed by atoms with Gasteiger partial charge in [-0.3, -0.25) is 0 Å². The zero-order valence-corrected chi connectivity index (χ0v) is 15.8. The van der Waals surface area contributed by atoms with Crippen molar-refractivity contribution in [2.75, 3.05) is 0 Å². The van der Waals surface area contributed by atoms with Gasteiger partial charge in [0.15, 0.2) is 0 Å². The van der Waals surface area contributed by atoms with E-state index >= 15 is 0 Å². The van der Waals surface area contributed by atoms with E-state index in [1.807, 2.05) is 6.07 Å². The maximum absolute atomic E-state index is 6.32. The molecule has 0 N–H and O–H groups in total. The highest BCUT2D eigenvalue weighted by atomic mass is 79.9. The summed E-state index contributed by atoms with van der Waals surface area (Å²) in [5.41, 5.74) is 2.37. The topological polar surface area (TPSA) is 24.8 Å². The van der Waals surface area contributed by atoms with Crippen LogP contribution in [-0.4, -0.2) is 10.7 Å². The van der Waals surface area contributed by atoms with Crippen LogP contribution >= 0.6 is 38.6 Å². The normalized spacial score (nSPS) is 21.9. The molecule has 0 fully saturated rings. The third kappa shape index (κ3) is 2.32. The Morgan fingerprint density at radius 1 is 1.12 bits per heavy atom. The van der Waals surface area contributed by atoms with Gasteiger partial charge in [-0.25, -0.2) is 5.01 Å². The summed E-state index contributed by atoms with van der Waals surface area (Å²) in [6.07, 6.45) is 0.753. The Labute approximate surface area is 156 Å². The highest BCUT2D eigenvalue weighted by molar-refractivity contribution is 9.11. The van der Waals surface area contributed by atoms with Gasteiger partial charge < -0.3 is 4.74 Å². The summed E-state index contributed by atoms with van der Waals surface area (Å²) in [6, 6.07) is 17.0. The van der Waals surface area contributed by atoms with Crippen LogP contribution in [0.15, 0.2) is 62.8 Å². The van der Waals surface area contributed by atoms with Gasteiger partial charge in [-0.05, 0) is 45.6 Å². The highest BCUT2D eigenvalue weighted by Gasteiger charge is 2.41. The van der Waals surface area contributed by atoms with Crippen molar-refractivity contribution in [1.82, 2.24) is 5.01 Å². The van der Waals surface area contributed by atoms with E-state index in [1.54, 1.807) is 22.7 Å². The first-order valence-electron chi connectivity index (χ1n) is 7.70. The van der Waals surface area contributed by atoms with Gasteiger partial charge in [0.25, 0.3) is 0 Å². The summed E-state index contributed by atoms with van der Waals surface area (Å²) in [6.45, 7) is 0. The number of thiophene rings is 2. The molecular formula is C18H13BrN2OS2. The summed E-state index contributed by atoms with van der Waals surface area (Å²) in [7, 11) is 0. The molecule has 24 heavy (non-hydrogen) atoms. The van der Waals surface area contributed by atoms with Gasteiger partial charge in [-0.2, -0.15) is 5.10 Å². The molecule has 0 bridgehead atoms. The van der Waals surface area contributed by atoms with Crippen LogP contribution in [0.1, 0.15) is 34.0 Å². The molecule has 2 aliphatic heterocycles. The second-order valence-corrected chi connectivity index (χ2v) is 9.22. The fourth-order valence-electron chi connectivity index (χ4n) is 3.27. The second kappa shape index (κ2) is 5.72. The minimum atomic E-state index is -0.168. The molecule has 0 radical (unpaired) electrons. The number of fused-ring (bicyclic) bond motifs is 3. The van der Waals surface area contributed by atoms with Gasteiger partial charge in [0, 0.05) is 12.0 Å². The molecule has 0 spiro atoms. The van der Waals surface area contributed by atoms with Gasteiger partial charge in [0.2, 0.25) is 6.23 Å². The molecule has 3 nitrogen and oxygen atoms in total. The lowest BCUT2D eigenvalue weighted by Gasteiger charge is -2.37. The Morgan fingerprint density at radius 3 is 2.83 bits per heavy atom. The van der Waals surface area contributed by atoms with Crippen LogP contribution in [0.5, 0.6) is 5.75 Å². The quantitative estimate of drug-likeness (QED) is 0.525. The summed E-state index contributed by atoms with van der Waals surface area (Å²) in [5.74, 6) is 0.968. The summed E-state index contributed by atoms with van der Waals surface area (Å²) >= 11 is 7.00. The van der Waals surface area contributed by atoms with E-state index in [1.165, 1.54) is 10.4 Å². The van der Waals surface area contributed by atoms with Crippen molar-refractivity contribution in [2.45, 2.75) is 18.7 Å². The van der Waals surface area contributed by atoms with Gasteiger partial charge >= 0.3 is 0 Å². The van der Waals surface area contributed by atoms with Crippen molar-refractivity contribution in [3.63, 3.8) is 0 Å². The summed E-state index contributed by atoms with van der Waals surface area (Å²) < 4.78 is 7.43. The Kier molecular flexibility index (Phi) is 3.50. The average Bonchev–Trinajstić information content (AvgIpc) is 3.34. The largest absolute Gasteiger partial charge is 0.464 e. The highest BCUT2D eigenvalue weighted by Crippen LogP contribution is 2.48. The van der Waals surface area contributed by atoms with Crippen molar-refractivity contribution in [3.8, 4) is 5.75 Å². The monoisotopic (exact) mass is 416 g/mol. The minimum absolute atomic E-state index is 0.168. The van der Waals surface area contributed by atoms with Crippen LogP contribution in [0.25, 0.3) is 0 Å². The number of hydrazone groups is 1. The van der Waals surface area contributed by atoms with E-state index in [9.17, 15) is 0 Å². The molecule has 2 aromatic heterocycles. The van der Waals surface area contributed by atoms with Crippen molar-refractivity contribution in [2.24, 2.45) is 5.10 Å². The lowest BCUT2D eigenvalue weighted by atomic mass is 9.98. The van der Waals surface area contributed by atoms with Gasteiger partial charge in [-0.15, -0.1) is 22.7 Å². The first-order chi connectivity index (χ1) is 11.8. The molecule has 3 aromatic rings. The summed E-state index contributed by atoms with van der Waals surface area (Å²) in [5, 5.41) is 9.18. The molecule has 4 heterocycles. The molecule has 2 atom stereocenters. The third-order valence-corrected chi connectivity index (χ3v) is 6.92. The first kappa shape index (κ1) is 14.7. The number of hydrogen-bond acceptors (Lipinski definition) is 5. The number of hydrogen-bond donors (Lipinski definition) is 0. The maximum atomic E-state index is 6.32. The molecule has 120 valence electrons. The summed E-state index contributed by atoms with van der Waals surface area (Å²) in [4.78, 5) is 2.41. The molecule has 6 heteroatoms. The standard InChI is InChI=1S/C18H13BrN2OS2/c19-17-8-7-16(24-17)18-21-13(11-4-1-2-5-14(11)22-18)10-12(20-21)15-6-3-9-23-15/h1-9,13,18H,10H2/t13-,18+/m0/s1.